The predicted molar refractivity (Wildman–Crippen MR) is 113 cm³/mol. The number of benzene rings is 1. The number of ether oxygens (including phenoxy) is 1. The summed E-state index contributed by atoms with van der Waals surface area (Å²) in [7, 11) is -4.42. The normalized spacial score (nSPS) is 22.7. The van der Waals surface area contributed by atoms with Crippen molar-refractivity contribution in [1.82, 2.24) is 0 Å². The number of rotatable bonds is 6. The third-order valence-electron chi connectivity index (χ3n) is 5.45. The fourth-order valence-electron chi connectivity index (χ4n) is 3.63. The molecule has 152 valence electrons. The number of terminal acetylenes is 1. The number of hydrogen-bond donors (Lipinski definition) is 1. The minimum absolute atomic E-state index is 0.0668. The van der Waals surface area contributed by atoms with Crippen molar-refractivity contribution in [2.24, 2.45) is 0 Å². The third-order valence-corrected chi connectivity index (χ3v) is 9.44. The molecule has 0 amide bonds. The Morgan fingerprint density at radius 3 is 2.33 bits per heavy atom. The second-order valence-electron chi connectivity index (χ2n) is 8.72. The van der Waals surface area contributed by atoms with Gasteiger partial charge in [0.25, 0.3) is 0 Å². The van der Waals surface area contributed by atoms with Crippen LogP contribution in [0.3, 0.4) is 0 Å². The molecule has 2 rings (SSSR count). The van der Waals surface area contributed by atoms with Gasteiger partial charge in [-0.15, -0.1) is 6.42 Å². The lowest BCUT2D eigenvalue weighted by Gasteiger charge is -2.49. The van der Waals surface area contributed by atoms with Crippen LogP contribution in [0.15, 0.2) is 24.3 Å². The van der Waals surface area contributed by atoms with Gasteiger partial charge in [0.2, 0.25) is 0 Å². The van der Waals surface area contributed by atoms with Gasteiger partial charge in [0.15, 0.2) is 0 Å². The van der Waals surface area contributed by atoms with Crippen LogP contribution in [0.1, 0.15) is 65.9 Å². The Morgan fingerprint density at radius 1 is 1.22 bits per heavy atom. The molecule has 0 aromatic heterocycles. The average molecular weight is 395 g/mol. The molecule has 1 saturated carbocycles. The van der Waals surface area contributed by atoms with E-state index in [9.17, 15) is 8.76 Å². The average Bonchev–Trinajstić information content (AvgIpc) is 2.60. The van der Waals surface area contributed by atoms with E-state index in [1.54, 1.807) is 13.8 Å². The molecule has 2 unspecified atom stereocenters. The molecule has 1 aromatic carbocycles. The predicted octanol–water partition coefficient (Wildman–Crippen LogP) is 4.94. The maximum absolute atomic E-state index is 13.7. The molecule has 27 heavy (non-hydrogen) atoms. The second kappa shape index (κ2) is 7.95. The zero-order chi connectivity index (χ0) is 20.3. The summed E-state index contributed by atoms with van der Waals surface area (Å²) >= 11 is 0. The second-order valence-corrected chi connectivity index (χ2v) is 12.4. The molecule has 5 heteroatoms. The van der Waals surface area contributed by atoms with Crippen molar-refractivity contribution < 1.29 is 17.7 Å². The van der Waals surface area contributed by atoms with Crippen molar-refractivity contribution in [3.05, 3.63) is 29.8 Å². The minimum atomic E-state index is -4.42. The van der Waals surface area contributed by atoms with Gasteiger partial charge in [-0.05, 0) is 56.2 Å². The Balaban J connectivity index is 2.29. The van der Waals surface area contributed by atoms with E-state index in [0.29, 0.717) is 6.42 Å². The molecular weight excluding hydrogens is 360 g/mol. The van der Waals surface area contributed by atoms with E-state index in [-0.39, 0.29) is 18.1 Å². The first kappa shape index (κ1) is 21.9. The quantitative estimate of drug-likeness (QED) is 0.694. The maximum Gasteiger partial charge on any atom is 0.124 e. The molecule has 2 atom stereocenters. The third kappa shape index (κ3) is 4.74. The lowest BCUT2D eigenvalue weighted by atomic mass is 9.87. The van der Waals surface area contributed by atoms with Crippen molar-refractivity contribution in [1.29, 1.82) is 0 Å². The lowest BCUT2D eigenvalue weighted by Crippen LogP contribution is -2.59. The largest absolute Gasteiger partial charge is 0.489 e. The Kier molecular flexibility index (Phi) is 6.46. The van der Waals surface area contributed by atoms with E-state index in [1.165, 1.54) is 5.56 Å². The zero-order valence-electron chi connectivity index (χ0n) is 17.2. The minimum Gasteiger partial charge on any atom is -0.489 e. The van der Waals surface area contributed by atoms with Gasteiger partial charge in [-0.2, -0.15) is 0 Å². The molecule has 1 aliphatic carbocycles. The summed E-state index contributed by atoms with van der Waals surface area (Å²) in [5, 5.41) is -1.15. The monoisotopic (exact) mass is 394 g/mol. The van der Waals surface area contributed by atoms with Crippen LogP contribution in [0, 0.1) is 12.3 Å². The Bertz CT molecular complexity index is 739. The summed E-state index contributed by atoms with van der Waals surface area (Å²) in [6.45, 7) is 9.75. The molecule has 0 bridgehead atoms. The summed E-state index contributed by atoms with van der Waals surface area (Å²) in [6, 6.07) is 7.99. The highest BCUT2D eigenvalue weighted by Crippen LogP contribution is 2.43. The highest BCUT2D eigenvalue weighted by atomic mass is 32.3. The van der Waals surface area contributed by atoms with Crippen LogP contribution in [0.2, 0.25) is 0 Å². The number of hydrogen-bond acceptors (Lipinski definition) is 3. The lowest BCUT2D eigenvalue weighted by molar-refractivity contribution is 0.139. The molecule has 0 radical (unpaired) electrons. The van der Waals surface area contributed by atoms with E-state index in [2.05, 4.69) is 38.8 Å². The van der Waals surface area contributed by atoms with E-state index >= 15 is 0 Å². The van der Waals surface area contributed by atoms with Crippen LogP contribution in [-0.2, 0) is 19.2 Å². The van der Waals surface area contributed by atoms with Gasteiger partial charge in [-0.1, -0.05) is 45.2 Å². The highest BCUT2D eigenvalue weighted by Gasteiger charge is 2.52. The van der Waals surface area contributed by atoms with Gasteiger partial charge in [-0.25, -0.2) is 4.21 Å². The van der Waals surface area contributed by atoms with Crippen molar-refractivity contribution in [3.8, 4) is 18.1 Å². The van der Waals surface area contributed by atoms with Gasteiger partial charge in [0.1, 0.15) is 18.5 Å². The zero-order valence-corrected chi connectivity index (χ0v) is 18.1. The molecule has 4 nitrogen and oxygen atoms in total. The van der Waals surface area contributed by atoms with Gasteiger partial charge in [-0.3, -0.25) is 4.18 Å². The van der Waals surface area contributed by atoms with Gasteiger partial charge < -0.3 is 9.29 Å². The summed E-state index contributed by atoms with van der Waals surface area (Å²) in [6.07, 6.45) is 8.10. The van der Waals surface area contributed by atoms with Crippen molar-refractivity contribution in [2.75, 3.05) is 6.61 Å². The molecule has 0 heterocycles. The molecule has 0 aliphatic heterocycles. The fraction of sp³-hybridized carbons (Fsp3) is 0.636. The summed E-state index contributed by atoms with van der Waals surface area (Å²) in [4.78, 5) is 0. The van der Waals surface area contributed by atoms with Crippen molar-refractivity contribution in [3.63, 3.8) is 0 Å². The van der Waals surface area contributed by atoms with Crippen LogP contribution in [0.25, 0.3) is 0 Å². The first-order valence-electron chi connectivity index (χ1n) is 9.73. The summed E-state index contributed by atoms with van der Waals surface area (Å²) in [5.74, 6) is 3.05. The Morgan fingerprint density at radius 2 is 1.81 bits per heavy atom. The van der Waals surface area contributed by atoms with Gasteiger partial charge in [0, 0.05) is 0 Å². The van der Waals surface area contributed by atoms with Gasteiger partial charge in [0.05, 0.1) is 20.1 Å². The van der Waals surface area contributed by atoms with E-state index in [0.717, 1.165) is 25.0 Å². The van der Waals surface area contributed by atoms with Crippen molar-refractivity contribution >= 4 is 9.63 Å². The molecule has 0 spiro atoms. The first-order chi connectivity index (χ1) is 12.5. The maximum atomic E-state index is 13.7. The highest BCUT2D eigenvalue weighted by molar-refractivity contribution is 8.12. The molecule has 1 fully saturated rings. The topological polar surface area (TPSA) is 55.8 Å². The fourth-order valence-corrected chi connectivity index (χ4v) is 6.43. The standard InChI is InChI=1S/C22H34O4S/c1-7-16-25-27(23,24,17(2)3)21-11-9-8-10-20(21)26-19-14-12-18(13-15-19)22(4,5)6/h1,12-15,17,20-21H,8-11,16H2,2-6H3,(H,23,24). The van der Waals surface area contributed by atoms with E-state index in [4.69, 9.17) is 15.3 Å². The van der Waals surface area contributed by atoms with Crippen LogP contribution >= 0.6 is 0 Å². The molecular formula is C22H34O4S. The Labute approximate surface area is 164 Å². The van der Waals surface area contributed by atoms with E-state index < -0.39 is 20.1 Å². The molecule has 0 saturated heterocycles. The smallest absolute Gasteiger partial charge is 0.124 e. The van der Waals surface area contributed by atoms with Crippen LogP contribution < -0.4 is 4.74 Å². The summed E-state index contributed by atoms with van der Waals surface area (Å²) < 4.78 is 36.7. The van der Waals surface area contributed by atoms with Crippen LogP contribution in [0.4, 0.5) is 0 Å². The van der Waals surface area contributed by atoms with Crippen molar-refractivity contribution in [2.45, 2.75) is 82.3 Å². The van der Waals surface area contributed by atoms with Crippen LogP contribution in [-0.4, -0.2) is 32.0 Å². The Hall–Kier alpha value is -1.35. The molecule has 1 aromatic rings. The van der Waals surface area contributed by atoms with Gasteiger partial charge >= 0.3 is 0 Å². The SMILES string of the molecule is C#CCOS(=O)(O)(C(C)C)C1CCCCC1Oc1ccc(C(C)(C)C)cc1. The van der Waals surface area contributed by atoms with E-state index in [1.807, 2.05) is 12.1 Å². The first-order valence-corrected chi connectivity index (χ1v) is 11.7. The molecule has 1 aliphatic rings. The summed E-state index contributed by atoms with van der Waals surface area (Å²) in [5.41, 5.74) is 1.29. The van der Waals surface area contributed by atoms with Crippen LogP contribution in [0.5, 0.6) is 5.75 Å². The molecule has 1 N–H and O–H groups in total.